The molecule has 0 amide bonds. The number of ether oxygens (including phenoxy) is 1. The van der Waals surface area contributed by atoms with Crippen molar-refractivity contribution in [2.75, 3.05) is 7.11 Å². The minimum absolute atomic E-state index is 0. The van der Waals surface area contributed by atoms with E-state index in [0.29, 0.717) is 0 Å². The number of benzene rings is 4. The summed E-state index contributed by atoms with van der Waals surface area (Å²) < 4.78 is 7.95. The van der Waals surface area contributed by atoms with Gasteiger partial charge < -0.3 is 28.7 Å². The largest absolute Gasteiger partial charge is 1.00 e. The first-order chi connectivity index (χ1) is 16.3. The number of hydrogen-bond acceptors (Lipinski definition) is 1. The molecule has 0 aliphatic rings. The second-order valence-electron chi connectivity index (χ2n) is 8.34. The number of hydrogen-bond donors (Lipinski definition) is 0. The van der Waals surface area contributed by atoms with Crippen molar-refractivity contribution >= 4 is 10.8 Å². The minimum atomic E-state index is 0. The van der Waals surface area contributed by atoms with Gasteiger partial charge in [0.05, 0.1) is 12.7 Å². The van der Waals surface area contributed by atoms with E-state index >= 15 is 0 Å². The van der Waals surface area contributed by atoms with Gasteiger partial charge in [-0.15, -0.1) is 0 Å². The molecule has 4 aromatic carbocycles. The van der Waals surface area contributed by atoms with Crippen molar-refractivity contribution in [3.05, 3.63) is 120 Å². The van der Waals surface area contributed by atoms with Crippen LogP contribution in [-0.4, -0.2) is 7.11 Å². The van der Waals surface area contributed by atoms with E-state index < -0.39 is 0 Å². The van der Waals surface area contributed by atoms with E-state index in [1.165, 1.54) is 44.4 Å². The number of methoxy groups -OCH3 is 1. The van der Waals surface area contributed by atoms with Gasteiger partial charge in [-0.3, -0.25) is 0 Å². The lowest BCUT2D eigenvalue weighted by atomic mass is 9.92. The molecule has 0 aliphatic heterocycles. The molecular weight excluding hydrogens is 529 g/mol. The fourth-order valence-electron chi connectivity index (χ4n) is 4.73. The molecule has 1 heterocycles. The summed E-state index contributed by atoms with van der Waals surface area (Å²) in [7, 11) is 1.72. The van der Waals surface area contributed by atoms with E-state index in [-0.39, 0.29) is 24.0 Å². The zero-order valence-corrected chi connectivity index (χ0v) is 21.7. The van der Waals surface area contributed by atoms with Gasteiger partial charge in [0.15, 0.2) is 12.2 Å². The molecule has 1 aromatic heterocycles. The second-order valence-corrected chi connectivity index (χ2v) is 8.34. The van der Waals surface area contributed by atoms with Gasteiger partial charge in [0.1, 0.15) is 5.75 Å². The summed E-state index contributed by atoms with van der Waals surface area (Å²) in [4.78, 5) is 0. The van der Waals surface area contributed by atoms with E-state index in [9.17, 15) is 0 Å². The molecule has 0 saturated heterocycles. The quantitative estimate of drug-likeness (QED) is 0.227. The molecule has 5 aromatic rings. The number of aryl methyl sites for hydroxylation is 2. The highest BCUT2D eigenvalue weighted by Gasteiger charge is 2.26. The van der Waals surface area contributed by atoms with Crippen molar-refractivity contribution in [3.8, 4) is 28.1 Å². The average molecular weight is 557 g/mol. The highest BCUT2D eigenvalue weighted by atomic mass is 127. The van der Waals surface area contributed by atoms with Crippen LogP contribution in [0.2, 0.25) is 0 Å². The second kappa shape index (κ2) is 10.8. The van der Waals surface area contributed by atoms with Crippen LogP contribution in [0.25, 0.3) is 33.2 Å². The minimum Gasteiger partial charge on any atom is -1.00 e. The molecule has 34 heavy (non-hydrogen) atoms. The number of pyridine rings is 1. The maximum absolute atomic E-state index is 5.45. The zero-order valence-electron chi connectivity index (χ0n) is 19.5. The molecule has 2 nitrogen and oxygen atoms in total. The molecule has 3 heteroatoms. The summed E-state index contributed by atoms with van der Waals surface area (Å²) in [6.07, 6.45) is 0.926. The van der Waals surface area contributed by atoms with Crippen LogP contribution in [0, 0.1) is 6.92 Å². The Morgan fingerprint density at radius 1 is 0.676 bits per heavy atom. The van der Waals surface area contributed by atoms with Crippen LogP contribution in [0.15, 0.2) is 109 Å². The summed E-state index contributed by atoms with van der Waals surface area (Å²) in [5.41, 5.74) is 7.58. The smallest absolute Gasteiger partial charge is 0.221 e. The molecule has 0 bridgehead atoms. The van der Waals surface area contributed by atoms with Gasteiger partial charge in [0.25, 0.3) is 0 Å². The molecule has 0 aliphatic carbocycles. The van der Waals surface area contributed by atoms with Crippen molar-refractivity contribution in [1.29, 1.82) is 0 Å². The topological polar surface area (TPSA) is 13.1 Å². The number of aromatic nitrogens is 1. The number of halogens is 1. The van der Waals surface area contributed by atoms with Crippen LogP contribution in [-0.2, 0) is 13.0 Å². The monoisotopic (exact) mass is 557 g/mol. The molecule has 0 spiro atoms. The van der Waals surface area contributed by atoms with Crippen LogP contribution in [0.1, 0.15) is 11.3 Å². The highest BCUT2D eigenvalue weighted by molar-refractivity contribution is 6.02. The van der Waals surface area contributed by atoms with E-state index in [1.54, 1.807) is 7.11 Å². The normalized spacial score (nSPS) is 10.6. The lowest BCUT2D eigenvalue weighted by Gasteiger charge is -2.16. The van der Waals surface area contributed by atoms with Crippen LogP contribution in [0.3, 0.4) is 0 Å². The maximum Gasteiger partial charge on any atom is 0.221 e. The van der Waals surface area contributed by atoms with Crippen LogP contribution in [0.4, 0.5) is 0 Å². The molecule has 0 saturated carbocycles. The van der Waals surface area contributed by atoms with Crippen molar-refractivity contribution < 1.29 is 33.3 Å². The first kappa shape index (κ1) is 24.0. The van der Waals surface area contributed by atoms with E-state index in [2.05, 4.69) is 115 Å². The van der Waals surface area contributed by atoms with Crippen molar-refractivity contribution in [1.82, 2.24) is 0 Å². The summed E-state index contributed by atoms with van der Waals surface area (Å²) in [5, 5.41) is 2.58. The Bertz CT molecular complexity index is 1400. The number of nitrogens with zero attached hydrogens (tertiary/aromatic N) is 1. The van der Waals surface area contributed by atoms with Crippen LogP contribution in [0.5, 0.6) is 5.75 Å². The fourth-order valence-corrected chi connectivity index (χ4v) is 4.73. The summed E-state index contributed by atoms with van der Waals surface area (Å²) >= 11 is 0. The molecule has 5 rings (SSSR count). The van der Waals surface area contributed by atoms with E-state index in [1.807, 2.05) is 6.07 Å². The lowest BCUT2D eigenvalue weighted by molar-refractivity contribution is -0.689. The first-order valence-electron chi connectivity index (χ1n) is 11.4. The first-order valence-corrected chi connectivity index (χ1v) is 11.4. The zero-order chi connectivity index (χ0) is 22.6. The number of rotatable bonds is 6. The van der Waals surface area contributed by atoms with Gasteiger partial charge >= 0.3 is 0 Å². The maximum atomic E-state index is 5.45. The summed E-state index contributed by atoms with van der Waals surface area (Å²) in [6.45, 7) is 3.13. The summed E-state index contributed by atoms with van der Waals surface area (Å²) in [5.74, 6) is 0.904. The predicted molar refractivity (Wildman–Crippen MR) is 136 cm³/mol. The number of fused-ring (bicyclic) bond motifs is 1. The predicted octanol–water partition coefficient (Wildman–Crippen LogP) is 4.03. The Hall–Kier alpha value is -3.18. The molecule has 0 unspecified atom stereocenters. The highest BCUT2D eigenvalue weighted by Crippen LogP contribution is 2.37. The Balaban J connectivity index is 0.00000274. The lowest BCUT2D eigenvalue weighted by Crippen LogP contribution is -3.00. The Morgan fingerprint density at radius 3 is 1.97 bits per heavy atom. The van der Waals surface area contributed by atoms with E-state index in [0.717, 1.165) is 18.7 Å². The van der Waals surface area contributed by atoms with Crippen LogP contribution < -0.4 is 33.3 Å². The molecule has 0 atom stereocenters. The van der Waals surface area contributed by atoms with Crippen molar-refractivity contribution in [2.45, 2.75) is 19.9 Å². The molecule has 170 valence electrons. The van der Waals surface area contributed by atoms with Gasteiger partial charge in [0, 0.05) is 29.7 Å². The Morgan fingerprint density at radius 2 is 1.29 bits per heavy atom. The molecule has 0 fully saturated rings. The SMILES string of the molecule is COc1cccc(CC[n+]2c(-c3ccccc3)c(-c3ccccc3)c3ccccc3c2C)c1.[I-]. The molecular formula is C31H28INO. The third-order valence-corrected chi connectivity index (χ3v) is 6.37. The van der Waals surface area contributed by atoms with Gasteiger partial charge in [-0.25, -0.2) is 0 Å². The van der Waals surface area contributed by atoms with Gasteiger partial charge in [-0.1, -0.05) is 78.9 Å². The van der Waals surface area contributed by atoms with Gasteiger partial charge in [-0.05, 0) is 41.5 Å². The fraction of sp³-hybridized carbons (Fsp3) is 0.129. The third-order valence-electron chi connectivity index (χ3n) is 6.37. The summed E-state index contributed by atoms with van der Waals surface area (Å²) in [6, 6.07) is 38.7. The van der Waals surface area contributed by atoms with Gasteiger partial charge in [0.2, 0.25) is 5.69 Å². The standard InChI is InChI=1S/C31H28NO.HI/c1-23-28-18-9-10-19-29(28)30(25-13-5-3-6-14-25)31(26-15-7-4-8-16-26)32(23)21-20-24-12-11-17-27(22-24)33-2;/h3-19,22H,20-21H2,1-2H3;1H/q+1;/p-1. The third kappa shape index (κ3) is 4.71. The molecule has 0 radical (unpaired) electrons. The van der Waals surface area contributed by atoms with Crippen molar-refractivity contribution in [3.63, 3.8) is 0 Å². The van der Waals surface area contributed by atoms with Gasteiger partial charge in [-0.2, -0.15) is 4.57 Å². The average Bonchev–Trinajstić information content (AvgIpc) is 2.89. The van der Waals surface area contributed by atoms with Crippen molar-refractivity contribution in [2.24, 2.45) is 0 Å². The van der Waals surface area contributed by atoms with Crippen LogP contribution >= 0.6 is 0 Å². The molecule has 0 N–H and O–H groups in total. The Kier molecular flexibility index (Phi) is 7.63. The van der Waals surface area contributed by atoms with E-state index in [4.69, 9.17) is 4.74 Å². The Labute approximate surface area is 218 Å².